The number of esters is 1. The maximum atomic E-state index is 13.1. The van der Waals surface area contributed by atoms with E-state index in [0.29, 0.717) is 16.9 Å². The van der Waals surface area contributed by atoms with Gasteiger partial charge in [0.15, 0.2) is 5.65 Å². The molecule has 0 saturated carbocycles. The van der Waals surface area contributed by atoms with Crippen LogP contribution in [0.5, 0.6) is 5.75 Å². The minimum Gasteiger partial charge on any atom is -0.497 e. The van der Waals surface area contributed by atoms with Crippen LogP contribution in [0, 0.1) is 0 Å². The lowest BCUT2D eigenvalue weighted by molar-refractivity contribution is 0.0523. The molecule has 0 atom stereocenters. The van der Waals surface area contributed by atoms with Crippen LogP contribution < -0.4 is 4.74 Å². The third-order valence-electron chi connectivity index (χ3n) is 5.02. The summed E-state index contributed by atoms with van der Waals surface area (Å²) in [6.07, 6.45) is 1.96. The number of hydrogen-bond donors (Lipinski definition) is 0. The average Bonchev–Trinajstić information content (AvgIpc) is 3.15. The van der Waals surface area contributed by atoms with E-state index >= 15 is 0 Å². The molecular weight excluding hydrogens is 410 g/mol. The standard InChI is InChI=1S/C24H23N3O3S/c1-5-30-24(28)19-20(16-11-13-17(29-3)14-12-16)25-23-18(22(19)31-4)21(26-27(23)2)15-9-7-6-8-10-15/h6-14H,5H2,1-4H3. The highest BCUT2D eigenvalue weighted by atomic mass is 32.2. The molecule has 0 fully saturated rings. The Labute approximate surface area is 185 Å². The van der Waals surface area contributed by atoms with Crippen LogP contribution in [-0.2, 0) is 11.8 Å². The van der Waals surface area contributed by atoms with Crippen molar-refractivity contribution in [2.24, 2.45) is 7.05 Å². The van der Waals surface area contributed by atoms with Crippen LogP contribution in [0.2, 0.25) is 0 Å². The number of nitrogens with zero attached hydrogens (tertiary/aromatic N) is 3. The van der Waals surface area contributed by atoms with E-state index in [1.807, 2.05) is 67.9 Å². The molecule has 0 spiro atoms. The maximum Gasteiger partial charge on any atom is 0.341 e. The largest absolute Gasteiger partial charge is 0.497 e. The molecule has 0 N–H and O–H groups in total. The Morgan fingerprint density at radius 1 is 1.03 bits per heavy atom. The van der Waals surface area contributed by atoms with Crippen molar-refractivity contribution in [3.63, 3.8) is 0 Å². The second-order valence-electron chi connectivity index (χ2n) is 6.85. The summed E-state index contributed by atoms with van der Waals surface area (Å²) in [6, 6.07) is 17.4. The molecule has 158 valence electrons. The molecule has 6 nitrogen and oxygen atoms in total. The first-order valence-electron chi connectivity index (χ1n) is 9.90. The van der Waals surface area contributed by atoms with E-state index in [1.54, 1.807) is 18.7 Å². The molecule has 2 heterocycles. The Bertz CT molecular complexity index is 1230. The average molecular weight is 434 g/mol. The molecule has 2 aromatic heterocycles. The van der Waals surface area contributed by atoms with Gasteiger partial charge in [0, 0.05) is 23.1 Å². The lowest BCUT2D eigenvalue weighted by Crippen LogP contribution is -2.10. The normalized spacial score (nSPS) is 11.0. The van der Waals surface area contributed by atoms with Crippen LogP contribution in [0.25, 0.3) is 33.5 Å². The quantitative estimate of drug-likeness (QED) is 0.307. The lowest BCUT2D eigenvalue weighted by atomic mass is 10.0. The molecule has 0 aliphatic carbocycles. The van der Waals surface area contributed by atoms with Gasteiger partial charge in [-0.1, -0.05) is 30.3 Å². The number of benzene rings is 2. The lowest BCUT2D eigenvalue weighted by Gasteiger charge is -2.14. The molecule has 4 aromatic rings. The predicted molar refractivity (Wildman–Crippen MR) is 124 cm³/mol. The van der Waals surface area contributed by atoms with Crippen molar-refractivity contribution in [1.82, 2.24) is 14.8 Å². The zero-order chi connectivity index (χ0) is 22.0. The van der Waals surface area contributed by atoms with Gasteiger partial charge in [0.05, 0.1) is 24.8 Å². The molecule has 0 radical (unpaired) electrons. The zero-order valence-corrected chi connectivity index (χ0v) is 18.7. The van der Waals surface area contributed by atoms with Crippen molar-refractivity contribution >= 4 is 28.8 Å². The van der Waals surface area contributed by atoms with Crippen molar-refractivity contribution < 1.29 is 14.3 Å². The Hall–Kier alpha value is -3.32. The fraction of sp³-hybridized carbons (Fsp3) is 0.208. The summed E-state index contributed by atoms with van der Waals surface area (Å²) in [5.74, 6) is 0.342. The van der Waals surface area contributed by atoms with Gasteiger partial charge in [-0.25, -0.2) is 14.5 Å². The summed E-state index contributed by atoms with van der Waals surface area (Å²) in [4.78, 5) is 18.8. The number of hydrogen-bond acceptors (Lipinski definition) is 6. The number of thioether (sulfide) groups is 1. The van der Waals surface area contributed by atoms with Gasteiger partial charge in [0.25, 0.3) is 0 Å². The van der Waals surface area contributed by atoms with E-state index in [4.69, 9.17) is 19.6 Å². The highest BCUT2D eigenvalue weighted by Crippen LogP contribution is 2.40. The molecule has 0 bridgehead atoms. The Morgan fingerprint density at radius 3 is 2.32 bits per heavy atom. The number of carbonyl (C=O) groups excluding carboxylic acids is 1. The smallest absolute Gasteiger partial charge is 0.341 e. The molecule has 7 heteroatoms. The van der Waals surface area contributed by atoms with Crippen LogP contribution in [-0.4, -0.2) is 40.7 Å². The summed E-state index contributed by atoms with van der Waals surface area (Å²) in [7, 11) is 3.49. The van der Waals surface area contributed by atoms with Gasteiger partial charge in [0.1, 0.15) is 17.0 Å². The third-order valence-corrected chi connectivity index (χ3v) is 5.84. The molecule has 0 amide bonds. The minimum atomic E-state index is -0.394. The summed E-state index contributed by atoms with van der Waals surface area (Å²) in [6.45, 7) is 2.08. The fourth-order valence-electron chi connectivity index (χ4n) is 3.60. The van der Waals surface area contributed by atoms with Crippen LogP contribution in [0.15, 0.2) is 59.5 Å². The Kier molecular flexibility index (Phi) is 5.95. The fourth-order valence-corrected chi connectivity index (χ4v) is 4.38. The van der Waals surface area contributed by atoms with E-state index < -0.39 is 5.97 Å². The third kappa shape index (κ3) is 3.77. The van der Waals surface area contributed by atoms with Gasteiger partial charge < -0.3 is 9.47 Å². The van der Waals surface area contributed by atoms with E-state index in [9.17, 15) is 4.79 Å². The first-order chi connectivity index (χ1) is 15.1. The minimum absolute atomic E-state index is 0.283. The number of ether oxygens (including phenoxy) is 2. The molecule has 2 aromatic carbocycles. The molecule has 0 aliphatic heterocycles. The first-order valence-corrected chi connectivity index (χ1v) is 11.1. The number of aromatic nitrogens is 3. The number of carbonyl (C=O) groups is 1. The van der Waals surface area contributed by atoms with Crippen LogP contribution >= 0.6 is 11.8 Å². The molecule has 31 heavy (non-hydrogen) atoms. The summed E-state index contributed by atoms with van der Waals surface area (Å²) < 4.78 is 12.5. The predicted octanol–water partition coefficient (Wildman–Crippen LogP) is 5.21. The molecule has 0 aliphatic rings. The molecule has 0 unspecified atom stereocenters. The number of pyridine rings is 1. The van der Waals surface area contributed by atoms with Gasteiger partial charge in [0.2, 0.25) is 0 Å². The maximum absolute atomic E-state index is 13.1. The van der Waals surface area contributed by atoms with E-state index in [2.05, 4.69) is 0 Å². The molecule has 4 rings (SSSR count). The Balaban J connectivity index is 2.07. The molecule has 0 saturated heterocycles. The number of aryl methyl sites for hydroxylation is 1. The summed E-state index contributed by atoms with van der Waals surface area (Å²) in [5.41, 5.74) is 4.31. The van der Waals surface area contributed by atoms with Crippen LogP contribution in [0.4, 0.5) is 0 Å². The zero-order valence-electron chi connectivity index (χ0n) is 17.9. The van der Waals surface area contributed by atoms with Gasteiger partial charge in [-0.05, 0) is 37.4 Å². The van der Waals surface area contributed by atoms with Crippen molar-refractivity contribution in [3.05, 3.63) is 60.2 Å². The van der Waals surface area contributed by atoms with Crippen LogP contribution in [0.3, 0.4) is 0 Å². The van der Waals surface area contributed by atoms with Crippen molar-refractivity contribution in [2.75, 3.05) is 20.0 Å². The number of rotatable bonds is 6. The Morgan fingerprint density at radius 2 is 1.71 bits per heavy atom. The second-order valence-corrected chi connectivity index (χ2v) is 7.67. The van der Waals surface area contributed by atoms with Crippen molar-refractivity contribution in [2.45, 2.75) is 11.8 Å². The SMILES string of the molecule is CCOC(=O)c1c(-c2ccc(OC)cc2)nc2c(c(-c3ccccc3)nn2C)c1SC. The number of fused-ring (bicyclic) bond motifs is 1. The second kappa shape index (κ2) is 8.81. The van der Waals surface area contributed by atoms with E-state index in [1.165, 1.54) is 11.8 Å². The van der Waals surface area contributed by atoms with Gasteiger partial charge in [-0.2, -0.15) is 5.10 Å². The summed E-state index contributed by atoms with van der Waals surface area (Å²) >= 11 is 1.50. The first kappa shape index (κ1) is 20.9. The van der Waals surface area contributed by atoms with Gasteiger partial charge >= 0.3 is 5.97 Å². The highest BCUT2D eigenvalue weighted by Gasteiger charge is 2.27. The van der Waals surface area contributed by atoms with Gasteiger partial charge in [-0.15, -0.1) is 11.8 Å². The highest BCUT2D eigenvalue weighted by molar-refractivity contribution is 7.99. The van der Waals surface area contributed by atoms with Crippen molar-refractivity contribution in [3.8, 4) is 28.3 Å². The van der Waals surface area contributed by atoms with Crippen molar-refractivity contribution in [1.29, 1.82) is 0 Å². The monoisotopic (exact) mass is 433 g/mol. The summed E-state index contributed by atoms with van der Waals surface area (Å²) in [5, 5.41) is 5.59. The van der Waals surface area contributed by atoms with Crippen LogP contribution in [0.1, 0.15) is 17.3 Å². The van der Waals surface area contributed by atoms with Gasteiger partial charge in [-0.3, -0.25) is 0 Å². The molecular formula is C24H23N3O3S. The topological polar surface area (TPSA) is 66.2 Å². The number of methoxy groups -OCH3 is 1. The van der Waals surface area contributed by atoms with E-state index in [-0.39, 0.29) is 6.61 Å². The van der Waals surface area contributed by atoms with E-state index in [0.717, 1.165) is 32.9 Å².